The number of primary amides is 1. The minimum Gasteiger partial charge on any atom is -0.406 e. The number of halogens is 3. The standard InChI is InChI=1S/C18H17F3N2O3/c19-18(20,21)26-15-8-6-14(7-9-15)17(25)23(11-10-16(22)24)12-13-4-2-1-3-5-13/h1-9H,10-12H2,(H2,22,24). The number of nitrogens with two attached hydrogens (primary N) is 1. The fraction of sp³-hybridized carbons (Fsp3) is 0.222. The highest BCUT2D eigenvalue weighted by Crippen LogP contribution is 2.23. The van der Waals surface area contributed by atoms with Crippen molar-refractivity contribution < 1.29 is 27.5 Å². The van der Waals surface area contributed by atoms with Crippen molar-refractivity contribution in [2.75, 3.05) is 6.54 Å². The van der Waals surface area contributed by atoms with Crippen LogP contribution in [0.25, 0.3) is 0 Å². The van der Waals surface area contributed by atoms with Gasteiger partial charge in [-0.2, -0.15) is 0 Å². The number of alkyl halides is 3. The van der Waals surface area contributed by atoms with Crippen molar-refractivity contribution in [2.45, 2.75) is 19.3 Å². The Bertz CT molecular complexity index is 747. The summed E-state index contributed by atoms with van der Waals surface area (Å²) in [6.45, 7) is 0.345. The van der Waals surface area contributed by atoms with E-state index < -0.39 is 23.9 Å². The minimum atomic E-state index is -4.80. The molecule has 0 spiro atoms. The third-order valence-electron chi connectivity index (χ3n) is 3.47. The Kier molecular flexibility index (Phi) is 6.21. The monoisotopic (exact) mass is 366 g/mol. The van der Waals surface area contributed by atoms with Crippen LogP contribution in [0.4, 0.5) is 13.2 Å². The smallest absolute Gasteiger partial charge is 0.406 e. The van der Waals surface area contributed by atoms with Gasteiger partial charge >= 0.3 is 6.36 Å². The van der Waals surface area contributed by atoms with Gasteiger partial charge in [-0.1, -0.05) is 30.3 Å². The average Bonchev–Trinajstić information content (AvgIpc) is 2.58. The van der Waals surface area contributed by atoms with Gasteiger partial charge in [0.1, 0.15) is 5.75 Å². The van der Waals surface area contributed by atoms with Gasteiger partial charge in [-0.3, -0.25) is 9.59 Å². The minimum absolute atomic E-state index is 0.0200. The highest BCUT2D eigenvalue weighted by atomic mass is 19.4. The van der Waals surface area contributed by atoms with Crippen LogP contribution < -0.4 is 10.5 Å². The molecule has 0 bridgehead atoms. The van der Waals surface area contributed by atoms with Gasteiger partial charge in [-0.05, 0) is 29.8 Å². The molecule has 8 heteroatoms. The quantitative estimate of drug-likeness (QED) is 0.818. The van der Waals surface area contributed by atoms with Crippen molar-refractivity contribution in [3.63, 3.8) is 0 Å². The molecule has 0 heterocycles. The van der Waals surface area contributed by atoms with Gasteiger partial charge in [-0.25, -0.2) is 0 Å². The van der Waals surface area contributed by atoms with Crippen LogP contribution in [-0.4, -0.2) is 29.6 Å². The lowest BCUT2D eigenvalue weighted by molar-refractivity contribution is -0.274. The van der Waals surface area contributed by atoms with Crippen LogP contribution in [0.2, 0.25) is 0 Å². The van der Waals surface area contributed by atoms with Crippen LogP contribution >= 0.6 is 0 Å². The lowest BCUT2D eigenvalue weighted by Gasteiger charge is -2.22. The van der Waals surface area contributed by atoms with Crippen molar-refractivity contribution in [1.29, 1.82) is 0 Å². The summed E-state index contributed by atoms with van der Waals surface area (Å²) >= 11 is 0. The number of amides is 2. The highest BCUT2D eigenvalue weighted by Gasteiger charge is 2.31. The summed E-state index contributed by atoms with van der Waals surface area (Å²) in [5.41, 5.74) is 6.18. The molecule has 138 valence electrons. The van der Waals surface area contributed by atoms with Gasteiger partial charge in [-0.15, -0.1) is 13.2 Å². The van der Waals surface area contributed by atoms with Crippen LogP contribution in [0.3, 0.4) is 0 Å². The first-order valence-electron chi connectivity index (χ1n) is 7.72. The Morgan fingerprint density at radius 1 is 1.00 bits per heavy atom. The molecule has 2 aromatic rings. The van der Waals surface area contributed by atoms with E-state index in [1.807, 2.05) is 30.3 Å². The van der Waals surface area contributed by atoms with Crippen molar-refractivity contribution in [1.82, 2.24) is 4.90 Å². The van der Waals surface area contributed by atoms with Crippen LogP contribution in [0.1, 0.15) is 22.3 Å². The van der Waals surface area contributed by atoms with Gasteiger partial charge in [0.15, 0.2) is 0 Å². The van der Waals surface area contributed by atoms with E-state index in [4.69, 9.17) is 5.73 Å². The predicted molar refractivity (Wildman–Crippen MR) is 88.1 cm³/mol. The molecular formula is C18H17F3N2O3. The Morgan fingerprint density at radius 3 is 2.15 bits per heavy atom. The van der Waals surface area contributed by atoms with E-state index in [1.54, 1.807) is 0 Å². The van der Waals surface area contributed by atoms with Crippen LogP contribution in [0.15, 0.2) is 54.6 Å². The molecular weight excluding hydrogens is 349 g/mol. The number of ether oxygens (including phenoxy) is 1. The molecule has 0 atom stereocenters. The maximum Gasteiger partial charge on any atom is 0.573 e. The molecule has 0 aliphatic carbocycles. The first kappa shape index (κ1) is 19.3. The molecule has 0 unspecified atom stereocenters. The number of carbonyl (C=O) groups is 2. The van der Waals surface area contributed by atoms with Gasteiger partial charge in [0.2, 0.25) is 5.91 Å². The molecule has 0 fully saturated rings. The molecule has 2 N–H and O–H groups in total. The Labute approximate surface area is 148 Å². The first-order chi connectivity index (χ1) is 12.2. The van der Waals surface area contributed by atoms with Crippen LogP contribution in [-0.2, 0) is 11.3 Å². The fourth-order valence-electron chi connectivity index (χ4n) is 2.28. The van der Waals surface area contributed by atoms with Gasteiger partial charge < -0.3 is 15.4 Å². The maximum absolute atomic E-state index is 12.7. The number of hydrogen-bond donors (Lipinski definition) is 1. The average molecular weight is 366 g/mol. The summed E-state index contributed by atoms with van der Waals surface area (Å²) in [7, 11) is 0. The maximum atomic E-state index is 12.7. The van der Waals surface area contributed by atoms with Gasteiger partial charge in [0.05, 0.1) is 0 Å². The van der Waals surface area contributed by atoms with Crippen molar-refractivity contribution in [3.05, 3.63) is 65.7 Å². The number of hydrogen-bond acceptors (Lipinski definition) is 3. The molecule has 0 aliphatic rings. The molecule has 0 saturated heterocycles. The molecule has 0 aliphatic heterocycles. The summed E-state index contributed by atoms with van der Waals surface area (Å²) in [5.74, 6) is -1.39. The number of nitrogens with zero attached hydrogens (tertiary/aromatic N) is 1. The molecule has 5 nitrogen and oxygen atoms in total. The third kappa shape index (κ3) is 6.12. The number of benzene rings is 2. The second-order valence-electron chi connectivity index (χ2n) is 5.50. The van der Waals surface area contributed by atoms with Gasteiger partial charge in [0.25, 0.3) is 5.91 Å². The second kappa shape index (κ2) is 8.37. The van der Waals surface area contributed by atoms with E-state index in [1.165, 1.54) is 17.0 Å². The third-order valence-corrected chi connectivity index (χ3v) is 3.47. The van der Waals surface area contributed by atoms with E-state index in [2.05, 4.69) is 4.74 Å². The summed E-state index contributed by atoms with van der Waals surface area (Å²) in [5, 5.41) is 0. The molecule has 2 rings (SSSR count). The summed E-state index contributed by atoms with van der Waals surface area (Å²) in [6.07, 6.45) is -4.82. The molecule has 2 aromatic carbocycles. The zero-order valence-electron chi connectivity index (χ0n) is 13.7. The Morgan fingerprint density at radius 2 is 1.62 bits per heavy atom. The predicted octanol–water partition coefficient (Wildman–Crippen LogP) is 3.10. The van der Waals surface area contributed by atoms with E-state index in [0.29, 0.717) is 0 Å². The SMILES string of the molecule is NC(=O)CCN(Cc1ccccc1)C(=O)c1ccc(OC(F)(F)F)cc1. The fourth-order valence-corrected chi connectivity index (χ4v) is 2.28. The van der Waals surface area contributed by atoms with E-state index in [-0.39, 0.29) is 25.1 Å². The Hall–Kier alpha value is -3.03. The Balaban J connectivity index is 2.15. The van der Waals surface area contributed by atoms with Crippen molar-refractivity contribution in [2.24, 2.45) is 5.73 Å². The van der Waals surface area contributed by atoms with E-state index >= 15 is 0 Å². The number of carbonyl (C=O) groups excluding carboxylic acids is 2. The topological polar surface area (TPSA) is 72.6 Å². The van der Waals surface area contributed by atoms with E-state index in [9.17, 15) is 22.8 Å². The zero-order valence-corrected chi connectivity index (χ0v) is 13.7. The first-order valence-corrected chi connectivity index (χ1v) is 7.72. The number of rotatable bonds is 7. The van der Waals surface area contributed by atoms with Crippen LogP contribution in [0.5, 0.6) is 5.75 Å². The normalized spacial score (nSPS) is 11.0. The van der Waals surface area contributed by atoms with Crippen LogP contribution in [0, 0.1) is 0 Å². The molecule has 0 aromatic heterocycles. The largest absolute Gasteiger partial charge is 0.573 e. The van der Waals surface area contributed by atoms with Crippen molar-refractivity contribution >= 4 is 11.8 Å². The molecule has 26 heavy (non-hydrogen) atoms. The van der Waals surface area contributed by atoms with Crippen molar-refractivity contribution in [3.8, 4) is 5.75 Å². The summed E-state index contributed by atoms with van der Waals surface area (Å²) in [6, 6.07) is 13.7. The second-order valence-corrected chi connectivity index (χ2v) is 5.50. The highest BCUT2D eigenvalue weighted by molar-refractivity contribution is 5.94. The lowest BCUT2D eigenvalue weighted by Crippen LogP contribution is -2.33. The van der Waals surface area contributed by atoms with Gasteiger partial charge in [0, 0.05) is 25.1 Å². The molecule has 0 radical (unpaired) electrons. The lowest BCUT2D eigenvalue weighted by atomic mass is 10.1. The van der Waals surface area contributed by atoms with E-state index in [0.717, 1.165) is 17.7 Å². The molecule has 2 amide bonds. The zero-order chi connectivity index (χ0) is 19.2. The summed E-state index contributed by atoms with van der Waals surface area (Å²) < 4.78 is 40.4. The summed E-state index contributed by atoms with van der Waals surface area (Å²) in [4.78, 5) is 25.1. The molecule has 0 saturated carbocycles.